The third-order valence-electron chi connectivity index (χ3n) is 5.22. The maximum Gasteiger partial charge on any atom is 0.153 e. The Morgan fingerprint density at radius 1 is 1.26 bits per heavy atom. The molecule has 0 aromatic heterocycles. The van der Waals surface area contributed by atoms with Gasteiger partial charge in [-0.05, 0) is 38.5 Å². The van der Waals surface area contributed by atoms with Crippen LogP contribution in [0.15, 0.2) is 0 Å². The summed E-state index contributed by atoms with van der Waals surface area (Å²) in [5, 5.41) is -0.407. The first-order valence-electron chi connectivity index (χ1n) is 7.40. The number of sulfone groups is 1. The SMILES string of the molecule is CCC[C@]1(CS(=O)(=O)C(C)C)C(=O)CCC1(C)CC. The molecule has 19 heavy (non-hydrogen) atoms. The van der Waals surface area contributed by atoms with Gasteiger partial charge in [0, 0.05) is 11.8 Å². The molecule has 3 nitrogen and oxygen atoms in total. The second kappa shape index (κ2) is 5.55. The fourth-order valence-corrected chi connectivity index (χ4v) is 5.10. The van der Waals surface area contributed by atoms with Crippen molar-refractivity contribution in [2.24, 2.45) is 10.8 Å². The predicted molar refractivity (Wildman–Crippen MR) is 78.9 cm³/mol. The van der Waals surface area contributed by atoms with Crippen molar-refractivity contribution in [3.8, 4) is 0 Å². The first kappa shape index (κ1) is 16.7. The number of rotatable bonds is 6. The lowest BCUT2D eigenvalue weighted by molar-refractivity contribution is -0.128. The summed E-state index contributed by atoms with van der Waals surface area (Å²) in [5.41, 5.74) is -0.818. The Bertz CT molecular complexity index is 438. The summed E-state index contributed by atoms with van der Waals surface area (Å²) < 4.78 is 24.7. The van der Waals surface area contributed by atoms with Gasteiger partial charge in [0.1, 0.15) is 5.78 Å². The average Bonchev–Trinajstić information content (AvgIpc) is 2.55. The standard InChI is InChI=1S/C15H28O3S/c1-6-9-15(11-19(17,18)12(3)4)13(16)8-10-14(15,5)7-2/h12H,6-11H2,1-5H3/t14?,15-/m0/s1. The van der Waals surface area contributed by atoms with Crippen molar-refractivity contribution in [2.75, 3.05) is 5.75 Å². The number of ketones is 1. The van der Waals surface area contributed by atoms with E-state index >= 15 is 0 Å². The summed E-state index contributed by atoms with van der Waals surface area (Å²) in [7, 11) is -3.20. The first-order chi connectivity index (χ1) is 8.65. The molecule has 0 spiro atoms. The Kier molecular flexibility index (Phi) is 4.87. The molecule has 0 amide bonds. The zero-order chi connectivity index (χ0) is 14.9. The van der Waals surface area contributed by atoms with Gasteiger partial charge in [0.15, 0.2) is 9.84 Å². The molecule has 1 fully saturated rings. The van der Waals surface area contributed by atoms with Crippen molar-refractivity contribution in [1.82, 2.24) is 0 Å². The molecular weight excluding hydrogens is 260 g/mol. The quantitative estimate of drug-likeness (QED) is 0.753. The largest absolute Gasteiger partial charge is 0.299 e. The Hall–Kier alpha value is -0.380. The first-order valence-corrected chi connectivity index (χ1v) is 9.11. The lowest BCUT2D eigenvalue weighted by Gasteiger charge is -2.42. The Morgan fingerprint density at radius 2 is 1.84 bits per heavy atom. The second-order valence-corrected chi connectivity index (χ2v) is 9.08. The van der Waals surface area contributed by atoms with Crippen LogP contribution in [-0.4, -0.2) is 25.2 Å². The zero-order valence-corrected chi connectivity index (χ0v) is 13.8. The number of carbonyl (C=O) groups excluding carboxylic acids is 1. The van der Waals surface area contributed by atoms with E-state index < -0.39 is 20.5 Å². The van der Waals surface area contributed by atoms with Crippen LogP contribution in [0.25, 0.3) is 0 Å². The van der Waals surface area contributed by atoms with Crippen molar-refractivity contribution in [3.05, 3.63) is 0 Å². The molecule has 0 heterocycles. The predicted octanol–water partition coefficient (Wildman–Crippen LogP) is 3.38. The van der Waals surface area contributed by atoms with Gasteiger partial charge in [-0.3, -0.25) is 4.79 Å². The summed E-state index contributed by atoms with van der Waals surface area (Å²) in [5.74, 6) is 0.206. The number of hydrogen-bond donors (Lipinski definition) is 0. The van der Waals surface area contributed by atoms with Crippen molar-refractivity contribution in [2.45, 2.75) is 72.0 Å². The Morgan fingerprint density at radius 3 is 2.26 bits per heavy atom. The highest BCUT2D eigenvalue weighted by atomic mass is 32.2. The molecule has 112 valence electrons. The van der Waals surface area contributed by atoms with Gasteiger partial charge in [0.25, 0.3) is 0 Å². The third-order valence-corrected chi connectivity index (χ3v) is 7.55. The summed E-state index contributed by atoms with van der Waals surface area (Å²) in [6, 6.07) is 0. The van der Waals surface area contributed by atoms with E-state index in [9.17, 15) is 13.2 Å². The molecule has 1 saturated carbocycles. The second-order valence-electron chi connectivity index (χ2n) is 6.53. The van der Waals surface area contributed by atoms with Gasteiger partial charge >= 0.3 is 0 Å². The minimum absolute atomic E-state index is 0.0364. The molecule has 1 aliphatic rings. The van der Waals surface area contributed by atoms with Crippen LogP contribution in [-0.2, 0) is 14.6 Å². The minimum atomic E-state index is -3.20. The molecule has 0 aromatic rings. The van der Waals surface area contributed by atoms with E-state index in [1.54, 1.807) is 13.8 Å². The molecule has 1 rings (SSSR count). The Balaban J connectivity index is 3.27. The lowest BCUT2D eigenvalue weighted by atomic mass is 9.64. The minimum Gasteiger partial charge on any atom is -0.299 e. The fourth-order valence-electron chi connectivity index (χ4n) is 3.42. The molecule has 1 aliphatic carbocycles. The molecule has 1 unspecified atom stereocenters. The third kappa shape index (κ3) is 2.74. The molecule has 0 aliphatic heterocycles. The van der Waals surface area contributed by atoms with Crippen LogP contribution in [0.5, 0.6) is 0 Å². The van der Waals surface area contributed by atoms with Crippen LogP contribution in [0.3, 0.4) is 0 Å². The van der Waals surface area contributed by atoms with Gasteiger partial charge in [-0.25, -0.2) is 8.42 Å². The molecular formula is C15H28O3S. The number of carbonyl (C=O) groups is 1. The van der Waals surface area contributed by atoms with Crippen LogP contribution < -0.4 is 0 Å². The summed E-state index contributed by atoms with van der Waals surface area (Å²) in [6.45, 7) is 9.62. The van der Waals surface area contributed by atoms with E-state index in [1.165, 1.54) is 0 Å². The van der Waals surface area contributed by atoms with Gasteiger partial charge < -0.3 is 0 Å². The molecule has 0 saturated heterocycles. The molecule has 4 heteroatoms. The van der Waals surface area contributed by atoms with Crippen molar-refractivity contribution in [1.29, 1.82) is 0 Å². The molecule has 0 radical (unpaired) electrons. The Labute approximate surface area is 118 Å². The van der Waals surface area contributed by atoms with Crippen LogP contribution >= 0.6 is 0 Å². The smallest absolute Gasteiger partial charge is 0.153 e. The lowest BCUT2D eigenvalue weighted by Crippen LogP contribution is -2.46. The van der Waals surface area contributed by atoms with E-state index in [-0.39, 0.29) is 17.0 Å². The number of hydrogen-bond acceptors (Lipinski definition) is 3. The van der Waals surface area contributed by atoms with Crippen LogP contribution in [0, 0.1) is 10.8 Å². The summed E-state index contributed by atoms with van der Waals surface area (Å²) in [6.07, 6.45) is 3.79. The zero-order valence-electron chi connectivity index (χ0n) is 13.0. The molecule has 2 atom stereocenters. The number of Topliss-reactive ketones (excluding diaryl/α,β-unsaturated/α-hetero) is 1. The molecule has 0 aromatic carbocycles. The summed E-state index contributed by atoms with van der Waals surface area (Å²) >= 11 is 0. The van der Waals surface area contributed by atoms with Crippen molar-refractivity contribution >= 4 is 15.6 Å². The van der Waals surface area contributed by atoms with E-state index in [2.05, 4.69) is 13.8 Å². The monoisotopic (exact) mass is 288 g/mol. The highest BCUT2D eigenvalue weighted by Crippen LogP contribution is 2.56. The highest BCUT2D eigenvalue weighted by Gasteiger charge is 2.57. The van der Waals surface area contributed by atoms with E-state index in [1.807, 2.05) is 6.92 Å². The van der Waals surface area contributed by atoms with Crippen molar-refractivity contribution in [3.63, 3.8) is 0 Å². The summed E-state index contributed by atoms with van der Waals surface area (Å²) in [4.78, 5) is 12.5. The molecule has 0 bridgehead atoms. The van der Waals surface area contributed by atoms with Crippen LogP contribution in [0.4, 0.5) is 0 Å². The van der Waals surface area contributed by atoms with Gasteiger partial charge in [-0.15, -0.1) is 0 Å². The maximum atomic E-state index is 12.5. The van der Waals surface area contributed by atoms with Crippen LogP contribution in [0.2, 0.25) is 0 Å². The van der Waals surface area contributed by atoms with E-state index in [4.69, 9.17) is 0 Å². The highest BCUT2D eigenvalue weighted by molar-refractivity contribution is 7.92. The normalized spacial score (nSPS) is 32.2. The van der Waals surface area contributed by atoms with Gasteiger partial charge in [-0.2, -0.15) is 0 Å². The van der Waals surface area contributed by atoms with Crippen LogP contribution in [0.1, 0.15) is 66.7 Å². The molecule has 0 N–H and O–H groups in total. The topological polar surface area (TPSA) is 51.2 Å². The van der Waals surface area contributed by atoms with Gasteiger partial charge in [0.05, 0.1) is 11.0 Å². The van der Waals surface area contributed by atoms with Crippen molar-refractivity contribution < 1.29 is 13.2 Å². The average molecular weight is 288 g/mol. The van der Waals surface area contributed by atoms with Gasteiger partial charge in [0.2, 0.25) is 0 Å². The van der Waals surface area contributed by atoms with E-state index in [0.29, 0.717) is 12.8 Å². The maximum absolute atomic E-state index is 12.5. The van der Waals surface area contributed by atoms with E-state index in [0.717, 1.165) is 19.3 Å². The van der Waals surface area contributed by atoms with Gasteiger partial charge in [-0.1, -0.05) is 27.2 Å². The fraction of sp³-hybridized carbons (Fsp3) is 0.933.